The maximum atomic E-state index is 13.1. The SMILES string of the molecule is Cc1nn(C)c(NC(=O)C2=NC(C)C(=O)N(c3ccccc3)N2)c1-c1ccc(Br)cc1. The third-order valence-electron chi connectivity index (χ3n) is 4.93. The lowest BCUT2D eigenvalue weighted by molar-refractivity contribution is -0.120. The molecule has 1 aliphatic rings. The molecule has 1 aromatic heterocycles. The Kier molecular flexibility index (Phi) is 5.60. The van der Waals surface area contributed by atoms with E-state index < -0.39 is 11.9 Å². The Labute approximate surface area is 188 Å². The van der Waals surface area contributed by atoms with E-state index in [2.05, 4.69) is 36.8 Å². The van der Waals surface area contributed by atoms with Gasteiger partial charge in [0.1, 0.15) is 11.9 Å². The molecule has 2 aromatic carbocycles. The lowest BCUT2D eigenvalue weighted by atomic mass is 10.1. The molecule has 9 heteroatoms. The fraction of sp³-hybridized carbons (Fsp3) is 0.182. The van der Waals surface area contributed by atoms with Crippen LogP contribution in [0.25, 0.3) is 11.1 Å². The minimum absolute atomic E-state index is 0.0524. The molecule has 2 heterocycles. The third-order valence-corrected chi connectivity index (χ3v) is 5.46. The van der Waals surface area contributed by atoms with E-state index in [4.69, 9.17) is 0 Å². The number of halogens is 1. The lowest BCUT2D eigenvalue weighted by Crippen LogP contribution is -2.57. The molecule has 0 spiro atoms. The molecule has 1 atom stereocenters. The molecule has 2 N–H and O–H groups in total. The van der Waals surface area contributed by atoms with Crippen molar-refractivity contribution in [2.45, 2.75) is 19.9 Å². The molecular weight excluding hydrogens is 460 g/mol. The number of hydrogen-bond acceptors (Lipinski definition) is 5. The van der Waals surface area contributed by atoms with Crippen LogP contribution in [0.4, 0.5) is 11.5 Å². The van der Waals surface area contributed by atoms with Gasteiger partial charge in [0.25, 0.3) is 11.8 Å². The number of hydrogen-bond donors (Lipinski definition) is 2. The fourth-order valence-electron chi connectivity index (χ4n) is 3.43. The Balaban J connectivity index is 1.64. The van der Waals surface area contributed by atoms with Crippen LogP contribution in [0.3, 0.4) is 0 Å². The van der Waals surface area contributed by atoms with Crippen LogP contribution in [0, 0.1) is 6.92 Å². The van der Waals surface area contributed by atoms with E-state index in [0.717, 1.165) is 21.3 Å². The number of aromatic nitrogens is 2. The lowest BCUT2D eigenvalue weighted by Gasteiger charge is -2.30. The van der Waals surface area contributed by atoms with Crippen molar-refractivity contribution in [3.05, 3.63) is 64.8 Å². The van der Waals surface area contributed by atoms with Gasteiger partial charge in [-0.1, -0.05) is 46.3 Å². The number of benzene rings is 2. The molecule has 2 amide bonds. The molecule has 0 aliphatic carbocycles. The van der Waals surface area contributed by atoms with Crippen molar-refractivity contribution >= 4 is 45.1 Å². The largest absolute Gasteiger partial charge is 0.304 e. The van der Waals surface area contributed by atoms with Gasteiger partial charge < -0.3 is 5.32 Å². The molecule has 0 bridgehead atoms. The Morgan fingerprint density at radius 1 is 1.13 bits per heavy atom. The van der Waals surface area contributed by atoms with Gasteiger partial charge in [0, 0.05) is 17.1 Å². The first-order valence-electron chi connectivity index (χ1n) is 9.69. The van der Waals surface area contributed by atoms with Crippen LogP contribution in [0.2, 0.25) is 0 Å². The molecule has 31 heavy (non-hydrogen) atoms. The molecule has 0 saturated carbocycles. The number of anilines is 2. The van der Waals surface area contributed by atoms with Crippen molar-refractivity contribution < 1.29 is 9.59 Å². The van der Waals surface area contributed by atoms with E-state index >= 15 is 0 Å². The van der Waals surface area contributed by atoms with E-state index in [0.29, 0.717) is 11.5 Å². The summed E-state index contributed by atoms with van der Waals surface area (Å²) in [5, 5.41) is 8.72. The third kappa shape index (κ3) is 4.09. The maximum Gasteiger partial charge on any atom is 0.293 e. The number of nitrogens with zero attached hydrogens (tertiary/aromatic N) is 4. The molecule has 1 aliphatic heterocycles. The smallest absolute Gasteiger partial charge is 0.293 e. The van der Waals surface area contributed by atoms with Crippen LogP contribution in [-0.4, -0.2) is 33.5 Å². The average Bonchev–Trinajstić information content (AvgIpc) is 3.04. The van der Waals surface area contributed by atoms with E-state index in [1.54, 1.807) is 30.8 Å². The number of nitrogens with one attached hydrogen (secondary N) is 2. The van der Waals surface area contributed by atoms with Crippen molar-refractivity contribution in [2.75, 3.05) is 10.3 Å². The summed E-state index contributed by atoms with van der Waals surface area (Å²) < 4.78 is 2.58. The van der Waals surface area contributed by atoms with Crippen LogP contribution in [0.1, 0.15) is 12.6 Å². The van der Waals surface area contributed by atoms with Gasteiger partial charge in [0.05, 0.1) is 11.4 Å². The Hall–Kier alpha value is -3.46. The zero-order valence-corrected chi connectivity index (χ0v) is 18.8. The van der Waals surface area contributed by atoms with Crippen molar-refractivity contribution in [1.29, 1.82) is 0 Å². The normalized spacial score (nSPS) is 16.0. The van der Waals surface area contributed by atoms with Crippen molar-refractivity contribution in [2.24, 2.45) is 12.0 Å². The highest BCUT2D eigenvalue weighted by Gasteiger charge is 2.31. The maximum absolute atomic E-state index is 13.1. The van der Waals surface area contributed by atoms with E-state index in [1.165, 1.54) is 5.01 Å². The minimum atomic E-state index is -0.693. The topological polar surface area (TPSA) is 91.6 Å². The first-order valence-corrected chi connectivity index (χ1v) is 10.5. The number of amides is 2. The summed E-state index contributed by atoms with van der Waals surface area (Å²) in [5.41, 5.74) is 6.02. The van der Waals surface area contributed by atoms with Crippen LogP contribution < -0.4 is 15.8 Å². The number of rotatable bonds is 4. The highest BCUT2D eigenvalue weighted by Crippen LogP contribution is 2.32. The minimum Gasteiger partial charge on any atom is -0.304 e. The number of aliphatic imine (C=N–C) groups is 1. The highest BCUT2D eigenvalue weighted by molar-refractivity contribution is 9.10. The Morgan fingerprint density at radius 2 is 1.81 bits per heavy atom. The molecule has 158 valence electrons. The van der Waals surface area contributed by atoms with Crippen LogP contribution in [0.15, 0.2) is 64.1 Å². The van der Waals surface area contributed by atoms with Crippen molar-refractivity contribution in [3.8, 4) is 11.1 Å². The van der Waals surface area contributed by atoms with Gasteiger partial charge in [0.15, 0.2) is 0 Å². The van der Waals surface area contributed by atoms with Gasteiger partial charge in [-0.05, 0) is 43.7 Å². The Morgan fingerprint density at radius 3 is 2.48 bits per heavy atom. The standard InChI is InChI=1S/C22H21BrN6O2/c1-13-18(15-9-11-16(23)12-10-15)20(28(3)26-13)25-21(30)19-24-14(2)22(31)29(27-19)17-7-5-4-6-8-17/h4-12,14H,1-3H3,(H,24,27)(H,25,30). The van der Waals surface area contributed by atoms with E-state index in [1.807, 2.05) is 49.4 Å². The van der Waals surface area contributed by atoms with Gasteiger partial charge in [-0.2, -0.15) is 5.10 Å². The first-order chi connectivity index (χ1) is 14.8. The second-order valence-corrected chi connectivity index (χ2v) is 8.08. The average molecular weight is 481 g/mol. The fourth-order valence-corrected chi connectivity index (χ4v) is 3.70. The van der Waals surface area contributed by atoms with Gasteiger partial charge in [-0.15, -0.1) is 0 Å². The highest BCUT2D eigenvalue weighted by atomic mass is 79.9. The van der Waals surface area contributed by atoms with Crippen LogP contribution >= 0.6 is 15.9 Å². The van der Waals surface area contributed by atoms with Gasteiger partial charge >= 0.3 is 0 Å². The number of amidine groups is 1. The predicted molar refractivity (Wildman–Crippen MR) is 124 cm³/mol. The summed E-state index contributed by atoms with van der Waals surface area (Å²) in [6, 6.07) is 16.2. The van der Waals surface area contributed by atoms with Crippen LogP contribution in [-0.2, 0) is 16.6 Å². The summed E-state index contributed by atoms with van der Waals surface area (Å²) in [4.78, 5) is 29.9. The number of aryl methyl sites for hydroxylation is 2. The van der Waals surface area contributed by atoms with E-state index in [-0.39, 0.29) is 11.7 Å². The summed E-state index contributed by atoms with van der Waals surface area (Å²) in [6.45, 7) is 3.55. The Bertz CT molecular complexity index is 1170. The second-order valence-electron chi connectivity index (χ2n) is 7.17. The quantitative estimate of drug-likeness (QED) is 0.598. The molecule has 0 fully saturated rings. The second kappa shape index (κ2) is 8.35. The first kappa shape index (κ1) is 20.8. The number of hydrazine groups is 1. The summed E-state index contributed by atoms with van der Waals surface area (Å²) >= 11 is 3.44. The number of carbonyl (C=O) groups is 2. The van der Waals surface area contributed by atoms with Crippen molar-refractivity contribution in [3.63, 3.8) is 0 Å². The zero-order valence-electron chi connectivity index (χ0n) is 17.3. The van der Waals surface area contributed by atoms with Gasteiger partial charge in [0.2, 0.25) is 5.84 Å². The number of carbonyl (C=O) groups excluding carboxylic acids is 2. The molecular formula is C22H21BrN6O2. The predicted octanol–water partition coefficient (Wildman–Crippen LogP) is 3.43. The molecule has 8 nitrogen and oxygen atoms in total. The molecule has 1 unspecified atom stereocenters. The monoisotopic (exact) mass is 480 g/mol. The summed E-state index contributed by atoms with van der Waals surface area (Å²) in [7, 11) is 1.77. The number of para-hydroxylation sites is 1. The van der Waals surface area contributed by atoms with Crippen molar-refractivity contribution in [1.82, 2.24) is 15.2 Å². The molecule has 0 saturated heterocycles. The van der Waals surface area contributed by atoms with Gasteiger partial charge in [-0.25, -0.2) is 10.0 Å². The summed E-state index contributed by atoms with van der Waals surface area (Å²) in [5.74, 6) is -0.0991. The molecule has 3 aromatic rings. The summed E-state index contributed by atoms with van der Waals surface area (Å²) in [6.07, 6.45) is 0. The molecule has 4 rings (SSSR count). The van der Waals surface area contributed by atoms with Crippen LogP contribution in [0.5, 0.6) is 0 Å². The van der Waals surface area contributed by atoms with E-state index in [9.17, 15) is 9.59 Å². The molecule has 0 radical (unpaired) electrons. The zero-order chi connectivity index (χ0) is 22.1. The van der Waals surface area contributed by atoms with Gasteiger partial charge in [-0.3, -0.25) is 19.7 Å².